The predicted octanol–water partition coefficient (Wildman–Crippen LogP) is 5.19. The zero-order valence-corrected chi connectivity index (χ0v) is 20.6. The number of rotatable bonds is 7. The molecule has 0 unspecified atom stereocenters. The third-order valence-electron chi connectivity index (χ3n) is 5.97. The van der Waals surface area contributed by atoms with Crippen LogP contribution in [0.25, 0.3) is 10.2 Å². The Kier molecular flexibility index (Phi) is 6.79. The van der Waals surface area contributed by atoms with Gasteiger partial charge in [-0.05, 0) is 67.0 Å². The van der Waals surface area contributed by atoms with Crippen LogP contribution in [0.2, 0.25) is 0 Å². The molecule has 5 rings (SSSR count). The zero-order chi connectivity index (χ0) is 25.1. The van der Waals surface area contributed by atoms with E-state index < -0.39 is 5.82 Å². The molecule has 0 radical (unpaired) electrons. The number of carbonyl (C=O) groups excluding carboxylic acids is 1. The summed E-state index contributed by atoms with van der Waals surface area (Å²) < 4.78 is 15.4. The molecule has 4 aromatic rings. The first-order valence-corrected chi connectivity index (χ1v) is 12.4. The molecule has 1 fully saturated rings. The molecule has 1 amide bonds. The smallest absolute Gasteiger partial charge is 0.247 e. The summed E-state index contributed by atoms with van der Waals surface area (Å²) in [6.07, 6.45) is 1.16. The summed E-state index contributed by atoms with van der Waals surface area (Å²) >= 11 is 1.46. The van der Waals surface area contributed by atoms with Crippen molar-refractivity contribution in [1.82, 2.24) is 14.9 Å². The van der Waals surface area contributed by atoms with Gasteiger partial charge in [-0.3, -0.25) is 4.79 Å². The number of hydrogen-bond donors (Lipinski definition) is 3. The van der Waals surface area contributed by atoms with Crippen LogP contribution in [0, 0.1) is 5.82 Å². The van der Waals surface area contributed by atoms with Crippen molar-refractivity contribution in [3.63, 3.8) is 0 Å². The molecule has 184 valence electrons. The summed E-state index contributed by atoms with van der Waals surface area (Å²) in [5.74, 6) is 0.0224. The van der Waals surface area contributed by atoms with Gasteiger partial charge in [-0.25, -0.2) is 9.37 Å². The van der Waals surface area contributed by atoms with Crippen LogP contribution >= 0.6 is 11.3 Å². The fourth-order valence-electron chi connectivity index (χ4n) is 3.97. The summed E-state index contributed by atoms with van der Waals surface area (Å²) in [6, 6.07) is 14.4. The van der Waals surface area contributed by atoms with Crippen molar-refractivity contribution >= 4 is 62.0 Å². The van der Waals surface area contributed by atoms with Crippen LogP contribution in [0.3, 0.4) is 0 Å². The van der Waals surface area contributed by atoms with Crippen molar-refractivity contribution in [2.75, 3.05) is 54.1 Å². The highest BCUT2D eigenvalue weighted by Crippen LogP contribution is 2.32. The highest BCUT2D eigenvalue weighted by atomic mass is 32.1. The van der Waals surface area contributed by atoms with E-state index in [0.717, 1.165) is 48.2 Å². The van der Waals surface area contributed by atoms with Crippen LogP contribution in [0.1, 0.15) is 0 Å². The van der Waals surface area contributed by atoms with Crippen molar-refractivity contribution in [3.05, 3.63) is 72.4 Å². The molecule has 8 nitrogen and oxygen atoms in total. The van der Waals surface area contributed by atoms with Gasteiger partial charge in [0.05, 0.1) is 15.9 Å². The van der Waals surface area contributed by atoms with Crippen LogP contribution in [0.4, 0.5) is 38.9 Å². The first-order chi connectivity index (χ1) is 17.5. The highest BCUT2D eigenvalue weighted by molar-refractivity contribution is 7.17. The Morgan fingerprint density at radius 3 is 2.53 bits per heavy atom. The van der Waals surface area contributed by atoms with E-state index in [1.807, 2.05) is 23.6 Å². The van der Waals surface area contributed by atoms with Gasteiger partial charge in [-0.15, -0.1) is 11.3 Å². The van der Waals surface area contributed by atoms with E-state index in [1.165, 1.54) is 35.2 Å². The van der Waals surface area contributed by atoms with Gasteiger partial charge >= 0.3 is 0 Å². The number of benzene rings is 2. The summed E-state index contributed by atoms with van der Waals surface area (Å²) in [5.41, 5.74) is 3.41. The summed E-state index contributed by atoms with van der Waals surface area (Å²) in [6.45, 7) is 7.55. The largest absolute Gasteiger partial charge is 0.369 e. The number of halogens is 1. The minimum absolute atomic E-state index is 0.188. The minimum atomic E-state index is -0.469. The fraction of sp³-hybridized carbons (Fsp3) is 0.192. The van der Waals surface area contributed by atoms with Gasteiger partial charge in [0, 0.05) is 43.2 Å². The molecular weight excluding hydrogens is 477 g/mol. The Hall–Kier alpha value is -4.02. The molecule has 3 N–H and O–H groups in total. The monoisotopic (exact) mass is 503 g/mol. The van der Waals surface area contributed by atoms with E-state index >= 15 is 0 Å². The molecule has 0 aliphatic carbocycles. The van der Waals surface area contributed by atoms with Crippen molar-refractivity contribution < 1.29 is 9.18 Å². The average molecular weight is 504 g/mol. The highest BCUT2D eigenvalue weighted by Gasteiger charge is 2.15. The second-order valence-corrected chi connectivity index (χ2v) is 9.42. The predicted molar refractivity (Wildman–Crippen MR) is 145 cm³/mol. The van der Waals surface area contributed by atoms with Gasteiger partial charge in [-0.1, -0.05) is 6.58 Å². The number of nitrogens with zero attached hydrogens (tertiary/aromatic N) is 4. The lowest BCUT2D eigenvalue weighted by molar-refractivity contribution is -0.111. The summed E-state index contributed by atoms with van der Waals surface area (Å²) in [4.78, 5) is 25.6. The SMILES string of the molecule is C=CC(=O)Nc1ccc(F)c(Nc2nc(Nc3ccc(N4CCN(C)CC4)cc3)nc3ccsc23)c1. The third-order valence-corrected chi connectivity index (χ3v) is 6.88. The van der Waals surface area contributed by atoms with Crippen LogP contribution in [0.15, 0.2) is 66.6 Å². The molecule has 2 aromatic carbocycles. The number of likely N-dealkylation sites (N-methyl/N-ethyl adjacent to an activating group) is 1. The summed E-state index contributed by atoms with van der Waals surface area (Å²) in [5, 5.41) is 10.9. The molecule has 3 heterocycles. The average Bonchev–Trinajstić information content (AvgIpc) is 3.36. The number of amides is 1. The number of aromatic nitrogens is 2. The lowest BCUT2D eigenvalue weighted by atomic mass is 10.2. The molecule has 0 spiro atoms. The van der Waals surface area contributed by atoms with Crippen LogP contribution in [-0.4, -0.2) is 54.0 Å². The van der Waals surface area contributed by atoms with E-state index in [1.54, 1.807) is 0 Å². The molecular formula is C26H26FN7OS. The number of piperazine rings is 1. The molecule has 2 aromatic heterocycles. The van der Waals surface area contributed by atoms with Gasteiger partial charge < -0.3 is 25.8 Å². The number of carbonyl (C=O) groups is 1. The number of anilines is 6. The number of thiophene rings is 1. The Balaban J connectivity index is 1.37. The normalized spacial score (nSPS) is 14.0. The van der Waals surface area contributed by atoms with Crippen molar-refractivity contribution in [2.45, 2.75) is 0 Å². The van der Waals surface area contributed by atoms with Crippen LogP contribution in [0.5, 0.6) is 0 Å². The second kappa shape index (κ2) is 10.3. The van der Waals surface area contributed by atoms with E-state index in [2.05, 4.69) is 61.5 Å². The maximum absolute atomic E-state index is 14.6. The molecule has 1 aliphatic heterocycles. The first kappa shape index (κ1) is 23.7. The Labute approximate surface area is 212 Å². The Morgan fingerprint density at radius 1 is 1.03 bits per heavy atom. The van der Waals surface area contributed by atoms with Crippen molar-refractivity contribution in [2.24, 2.45) is 0 Å². The Morgan fingerprint density at radius 2 is 1.78 bits per heavy atom. The Bertz CT molecular complexity index is 1400. The quantitative estimate of drug-likeness (QED) is 0.299. The van der Waals surface area contributed by atoms with Gasteiger partial charge in [0.15, 0.2) is 5.82 Å². The molecule has 1 saturated heterocycles. The maximum atomic E-state index is 14.6. The molecule has 0 atom stereocenters. The minimum Gasteiger partial charge on any atom is -0.369 e. The number of fused-ring (bicyclic) bond motifs is 1. The topological polar surface area (TPSA) is 85.4 Å². The van der Waals surface area contributed by atoms with Crippen LogP contribution < -0.4 is 20.9 Å². The van der Waals surface area contributed by atoms with E-state index in [4.69, 9.17) is 0 Å². The standard InChI is InChI=1S/C26H26FN7OS/c1-3-23(35)28-18-6-9-20(27)22(16-18)30-25-24-21(10-15-36-24)31-26(32-25)29-17-4-7-19(8-5-17)34-13-11-33(2)12-14-34/h3-10,15-16H,1,11-14H2,2H3,(H,28,35)(H2,29,30,31,32). The van der Waals surface area contributed by atoms with E-state index in [0.29, 0.717) is 17.5 Å². The van der Waals surface area contributed by atoms with Crippen molar-refractivity contribution in [1.29, 1.82) is 0 Å². The van der Waals surface area contributed by atoms with Crippen LogP contribution in [-0.2, 0) is 4.79 Å². The molecule has 1 aliphatic rings. The zero-order valence-electron chi connectivity index (χ0n) is 19.8. The van der Waals surface area contributed by atoms with Gasteiger partial charge in [0.2, 0.25) is 11.9 Å². The van der Waals surface area contributed by atoms with Gasteiger partial charge in [0.1, 0.15) is 5.82 Å². The number of hydrogen-bond acceptors (Lipinski definition) is 8. The molecule has 0 saturated carbocycles. The second-order valence-electron chi connectivity index (χ2n) is 8.51. The molecule has 36 heavy (non-hydrogen) atoms. The third kappa shape index (κ3) is 5.29. The fourth-order valence-corrected chi connectivity index (χ4v) is 4.75. The lowest BCUT2D eigenvalue weighted by Gasteiger charge is -2.34. The molecule has 0 bridgehead atoms. The van der Waals surface area contributed by atoms with Crippen molar-refractivity contribution in [3.8, 4) is 0 Å². The maximum Gasteiger partial charge on any atom is 0.247 e. The molecule has 10 heteroatoms. The van der Waals surface area contributed by atoms with E-state index in [9.17, 15) is 9.18 Å². The number of nitrogens with one attached hydrogen (secondary N) is 3. The van der Waals surface area contributed by atoms with Gasteiger partial charge in [0.25, 0.3) is 0 Å². The lowest BCUT2D eigenvalue weighted by Crippen LogP contribution is -2.44. The first-order valence-electron chi connectivity index (χ1n) is 11.5. The summed E-state index contributed by atoms with van der Waals surface area (Å²) in [7, 11) is 2.14. The van der Waals surface area contributed by atoms with Gasteiger partial charge in [-0.2, -0.15) is 4.98 Å². The van der Waals surface area contributed by atoms with E-state index in [-0.39, 0.29) is 11.6 Å².